The van der Waals surface area contributed by atoms with Crippen LogP contribution in [0.4, 0.5) is 0 Å². The summed E-state index contributed by atoms with van der Waals surface area (Å²) in [5.41, 5.74) is 8.18. The smallest absolute Gasteiger partial charge is 0.270 e. The van der Waals surface area contributed by atoms with Crippen molar-refractivity contribution in [2.24, 2.45) is 22.6 Å². The van der Waals surface area contributed by atoms with Crippen LogP contribution < -0.4 is 21.6 Å². The Balaban J connectivity index is 0.000000456. The van der Waals surface area contributed by atoms with Crippen LogP contribution in [-0.2, 0) is 6.54 Å². The van der Waals surface area contributed by atoms with Gasteiger partial charge in [0.2, 0.25) is 0 Å². The molecule has 1 heterocycles. The lowest BCUT2D eigenvalue weighted by Gasteiger charge is -2.18. The van der Waals surface area contributed by atoms with Crippen molar-refractivity contribution in [2.75, 3.05) is 26.9 Å². The van der Waals surface area contributed by atoms with E-state index in [0.717, 1.165) is 10.7 Å². The maximum absolute atomic E-state index is 12.5. The number of benzene rings is 1. The summed E-state index contributed by atoms with van der Waals surface area (Å²) in [5.74, 6) is 6.59. The Labute approximate surface area is 207 Å². The van der Waals surface area contributed by atoms with Gasteiger partial charge in [0, 0.05) is 31.5 Å². The van der Waals surface area contributed by atoms with Gasteiger partial charge in [-0.3, -0.25) is 4.79 Å². The van der Waals surface area contributed by atoms with Crippen LogP contribution in [0, 0.1) is 12.8 Å². The number of aliphatic hydroxyl groups excluding tert-OH is 2. The molecule has 1 fully saturated rings. The highest BCUT2D eigenvalue weighted by Gasteiger charge is 2.12. The number of nitrogens with two attached hydrogens (primary N) is 2. The molecule has 0 radical (unpaired) electrons. The highest BCUT2D eigenvalue weighted by atomic mass is 16.5. The van der Waals surface area contributed by atoms with Crippen LogP contribution in [0.25, 0.3) is 0 Å². The predicted octanol–water partition coefficient (Wildman–Crippen LogP) is 1.68. The Hall–Kier alpha value is -3.21. The minimum Gasteiger partial charge on any atom is -0.491 e. The molecule has 1 saturated carbocycles. The van der Waals surface area contributed by atoms with Crippen molar-refractivity contribution in [3.63, 3.8) is 0 Å². The summed E-state index contributed by atoms with van der Waals surface area (Å²) in [5, 5.41) is 25.3. The fourth-order valence-electron chi connectivity index (χ4n) is 3.71. The van der Waals surface area contributed by atoms with Crippen LogP contribution >= 0.6 is 0 Å². The molecule has 0 aliphatic heterocycles. The number of hydrazone groups is 1. The molecule has 10 nitrogen and oxygen atoms in total. The molecule has 0 spiro atoms. The summed E-state index contributed by atoms with van der Waals surface area (Å²) in [6.07, 6.45) is 6.58. The molecule has 192 valence electrons. The molecular weight excluding hydrogens is 448 g/mol. The topological polar surface area (TPSA) is 159 Å². The highest BCUT2D eigenvalue weighted by Crippen LogP contribution is 2.22. The average Bonchev–Trinajstić information content (AvgIpc) is 2.86. The number of hydrogen-bond acceptors (Lipinski definition) is 8. The first-order valence-electron chi connectivity index (χ1n) is 11.9. The van der Waals surface area contributed by atoms with Crippen molar-refractivity contribution >= 4 is 11.7 Å². The van der Waals surface area contributed by atoms with E-state index in [2.05, 4.69) is 15.4 Å². The van der Waals surface area contributed by atoms with Gasteiger partial charge in [0.15, 0.2) is 5.84 Å². The molecule has 7 N–H and O–H groups in total. The molecule has 1 aromatic carbocycles. The Morgan fingerprint density at radius 2 is 1.97 bits per heavy atom. The zero-order valence-corrected chi connectivity index (χ0v) is 20.6. The number of hydrazine groups is 1. The summed E-state index contributed by atoms with van der Waals surface area (Å²) in [4.78, 5) is 16.7. The lowest BCUT2D eigenvalue weighted by atomic mass is 9.90. The first kappa shape index (κ1) is 28.0. The maximum atomic E-state index is 12.5. The summed E-state index contributed by atoms with van der Waals surface area (Å²) in [6, 6.07) is 10.5. The van der Waals surface area contributed by atoms with Gasteiger partial charge in [0.05, 0.1) is 6.61 Å². The minimum absolute atomic E-state index is 0.0608. The molecule has 1 aliphatic carbocycles. The summed E-state index contributed by atoms with van der Waals surface area (Å²) in [6.45, 7) is 2.64. The second-order valence-corrected chi connectivity index (χ2v) is 8.53. The SMILES string of the molecule is Cc1cc(/C(N)=N/N(C)N)cc(C(=O)NCc2cccc(OCCO)c2)n1.OCC1CCCCC1. The summed E-state index contributed by atoms with van der Waals surface area (Å²) in [7, 11) is 1.55. The molecule has 0 unspecified atom stereocenters. The van der Waals surface area contributed by atoms with Crippen molar-refractivity contribution in [3.8, 4) is 5.75 Å². The van der Waals surface area contributed by atoms with Crippen molar-refractivity contribution in [1.82, 2.24) is 15.4 Å². The zero-order chi connectivity index (χ0) is 25.6. The Morgan fingerprint density at radius 1 is 1.23 bits per heavy atom. The van der Waals surface area contributed by atoms with Gasteiger partial charge in [-0.05, 0) is 55.5 Å². The second kappa shape index (κ2) is 14.9. The highest BCUT2D eigenvalue weighted by molar-refractivity contribution is 6.00. The quantitative estimate of drug-likeness (QED) is 0.155. The molecule has 35 heavy (non-hydrogen) atoms. The van der Waals surface area contributed by atoms with E-state index in [9.17, 15) is 4.79 Å². The molecule has 1 aliphatic rings. The number of amidine groups is 1. The van der Waals surface area contributed by atoms with Gasteiger partial charge in [0.1, 0.15) is 18.1 Å². The van der Waals surface area contributed by atoms with E-state index in [0.29, 0.717) is 36.1 Å². The summed E-state index contributed by atoms with van der Waals surface area (Å²) < 4.78 is 5.36. The van der Waals surface area contributed by atoms with Gasteiger partial charge < -0.3 is 26.0 Å². The van der Waals surface area contributed by atoms with E-state index < -0.39 is 0 Å². The average molecular weight is 487 g/mol. The van der Waals surface area contributed by atoms with Crippen LogP contribution in [0.15, 0.2) is 41.5 Å². The van der Waals surface area contributed by atoms with Crippen LogP contribution in [0.3, 0.4) is 0 Å². The fraction of sp³-hybridized carbons (Fsp3) is 0.480. The number of nitrogens with one attached hydrogen (secondary N) is 1. The number of carbonyl (C=O) groups excluding carboxylic acids is 1. The first-order chi connectivity index (χ1) is 16.8. The van der Waals surface area contributed by atoms with E-state index in [1.165, 1.54) is 32.1 Å². The van der Waals surface area contributed by atoms with Crippen LogP contribution in [0.1, 0.15) is 59.4 Å². The van der Waals surface area contributed by atoms with E-state index in [1.807, 2.05) is 12.1 Å². The van der Waals surface area contributed by atoms with E-state index in [1.54, 1.807) is 38.2 Å². The molecule has 0 saturated heterocycles. The number of aryl methyl sites for hydroxylation is 1. The number of pyridine rings is 1. The van der Waals surface area contributed by atoms with Crippen LogP contribution in [0.2, 0.25) is 0 Å². The molecule has 1 amide bonds. The Kier molecular flexibility index (Phi) is 12.0. The zero-order valence-electron chi connectivity index (χ0n) is 20.6. The molecular formula is C25H38N6O4. The maximum Gasteiger partial charge on any atom is 0.270 e. The first-order valence-corrected chi connectivity index (χ1v) is 11.9. The number of rotatable bonds is 9. The van der Waals surface area contributed by atoms with Gasteiger partial charge >= 0.3 is 0 Å². The number of hydrogen-bond donors (Lipinski definition) is 5. The number of carbonyl (C=O) groups is 1. The Bertz CT molecular complexity index is 961. The van der Waals surface area contributed by atoms with Gasteiger partial charge in [-0.15, -0.1) is 5.10 Å². The lowest BCUT2D eigenvalue weighted by Crippen LogP contribution is -2.27. The van der Waals surface area contributed by atoms with Crippen molar-refractivity contribution in [3.05, 3.63) is 58.9 Å². The summed E-state index contributed by atoms with van der Waals surface area (Å²) >= 11 is 0. The van der Waals surface area contributed by atoms with Gasteiger partial charge in [-0.1, -0.05) is 31.4 Å². The third-order valence-corrected chi connectivity index (χ3v) is 5.44. The van der Waals surface area contributed by atoms with Crippen molar-refractivity contribution in [1.29, 1.82) is 0 Å². The monoisotopic (exact) mass is 486 g/mol. The fourth-order valence-corrected chi connectivity index (χ4v) is 3.71. The van der Waals surface area contributed by atoms with Crippen LogP contribution in [-0.4, -0.2) is 58.9 Å². The van der Waals surface area contributed by atoms with Crippen LogP contribution in [0.5, 0.6) is 5.75 Å². The third-order valence-electron chi connectivity index (χ3n) is 5.44. The molecule has 0 bridgehead atoms. The number of nitrogens with zero attached hydrogens (tertiary/aromatic N) is 3. The molecule has 0 atom stereocenters. The second-order valence-electron chi connectivity index (χ2n) is 8.53. The standard InChI is InChI=1S/C18H24N6O3.C7H14O/c1-12-8-14(17(19)23-24(2)20)10-16(22-12)18(26)21-11-13-4-3-5-15(9-13)27-7-6-25;8-6-7-4-2-1-3-5-7/h3-5,8-10,25H,6-7,11,20H2,1-2H3,(H2,19,23)(H,21,26);7-8H,1-6H2. The van der Waals surface area contributed by atoms with Gasteiger partial charge in [-0.25, -0.2) is 15.9 Å². The Morgan fingerprint density at radius 3 is 2.60 bits per heavy atom. The predicted molar refractivity (Wildman–Crippen MR) is 136 cm³/mol. The minimum atomic E-state index is -0.337. The third kappa shape index (κ3) is 10.3. The number of amides is 1. The molecule has 10 heteroatoms. The van der Waals surface area contributed by atoms with Gasteiger partial charge in [-0.2, -0.15) is 0 Å². The normalized spacial score (nSPS) is 14.0. The van der Waals surface area contributed by atoms with Crippen molar-refractivity contribution < 1.29 is 19.7 Å². The van der Waals surface area contributed by atoms with E-state index in [-0.39, 0.29) is 30.7 Å². The molecule has 2 aromatic rings. The van der Waals surface area contributed by atoms with Gasteiger partial charge in [0.25, 0.3) is 5.91 Å². The largest absolute Gasteiger partial charge is 0.491 e. The van der Waals surface area contributed by atoms with E-state index in [4.69, 9.17) is 26.5 Å². The number of ether oxygens (including phenoxy) is 1. The van der Waals surface area contributed by atoms with Crippen molar-refractivity contribution in [2.45, 2.75) is 45.6 Å². The molecule has 3 rings (SSSR count). The molecule has 1 aromatic heterocycles. The number of aliphatic hydroxyl groups is 2. The lowest BCUT2D eigenvalue weighted by molar-refractivity contribution is 0.0945. The van der Waals surface area contributed by atoms with E-state index >= 15 is 0 Å². The number of aromatic nitrogens is 1.